The fourth-order valence-electron chi connectivity index (χ4n) is 3.03. The topological polar surface area (TPSA) is 40.5 Å². The average molecular weight is 335 g/mol. The fourth-order valence-corrected chi connectivity index (χ4v) is 7.04. The molecule has 0 fully saturated rings. The van der Waals surface area contributed by atoms with Crippen molar-refractivity contribution in [1.29, 1.82) is 0 Å². The summed E-state index contributed by atoms with van der Waals surface area (Å²) >= 11 is 0. The molecule has 24 heavy (non-hydrogen) atoms. The molecule has 120 valence electrons. The second-order valence-corrected chi connectivity index (χ2v) is 9.10. The number of hydrogen-bond acceptors (Lipinski definition) is 2. The summed E-state index contributed by atoms with van der Waals surface area (Å²) in [6.45, 7) is 0. The van der Waals surface area contributed by atoms with E-state index in [4.69, 9.17) is 0 Å². The minimum Gasteiger partial charge on any atom is -0.481 e. The Bertz CT molecular complexity index is 698. The Balaban J connectivity index is 2.30. The molecule has 0 amide bonds. The molecular weight excluding hydrogens is 315 g/mol. The van der Waals surface area contributed by atoms with Gasteiger partial charge >= 0.3 is 0 Å². The van der Waals surface area contributed by atoms with E-state index < -0.39 is 13.2 Å². The largest absolute Gasteiger partial charge is 0.481 e. The van der Waals surface area contributed by atoms with Gasteiger partial charge in [0.15, 0.2) is 0 Å². The molecule has 3 aromatic rings. The molecule has 3 heteroatoms. The van der Waals surface area contributed by atoms with E-state index in [1.165, 1.54) is 22.0 Å². The molecule has 0 heterocycles. The SMILES string of the molecule is OC(O)=CC[P+](c1ccccc1)(c1ccccc1)c1ccccc1. The molecule has 0 radical (unpaired) electrons. The monoisotopic (exact) mass is 335 g/mol. The van der Waals surface area contributed by atoms with Crippen LogP contribution in [0.25, 0.3) is 0 Å². The van der Waals surface area contributed by atoms with Crippen molar-refractivity contribution in [2.75, 3.05) is 6.16 Å². The zero-order valence-corrected chi connectivity index (χ0v) is 14.2. The smallest absolute Gasteiger partial charge is 0.273 e. The molecule has 0 aliphatic rings. The molecule has 3 aromatic carbocycles. The Kier molecular flexibility index (Phi) is 4.98. The summed E-state index contributed by atoms with van der Waals surface area (Å²) in [6.07, 6.45) is 2.08. The summed E-state index contributed by atoms with van der Waals surface area (Å²) in [7, 11) is -2.00. The first-order valence-corrected chi connectivity index (χ1v) is 9.84. The number of hydrogen-bond donors (Lipinski definition) is 2. The highest BCUT2D eigenvalue weighted by molar-refractivity contribution is 7.95. The second kappa shape index (κ2) is 7.33. The molecular formula is C21H20O2P+. The van der Waals surface area contributed by atoms with Crippen LogP contribution < -0.4 is 15.9 Å². The van der Waals surface area contributed by atoms with E-state index in [9.17, 15) is 10.2 Å². The lowest BCUT2D eigenvalue weighted by Crippen LogP contribution is -2.33. The van der Waals surface area contributed by atoms with Crippen LogP contribution in [0.3, 0.4) is 0 Å². The summed E-state index contributed by atoms with van der Waals surface area (Å²) in [5, 5.41) is 22.4. The zero-order valence-electron chi connectivity index (χ0n) is 13.3. The number of allylic oxidation sites excluding steroid dienone is 1. The molecule has 0 aliphatic heterocycles. The van der Waals surface area contributed by atoms with Crippen LogP contribution in [0, 0.1) is 0 Å². The van der Waals surface area contributed by atoms with Crippen LogP contribution in [0.1, 0.15) is 0 Å². The van der Waals surface area contributed by atoms with E-state index in [0.717, 1.165) is 0 Å². The van der Waals surface area contributed by atoms with Gasteiger partial charge in [0, 0.05) is 6.08 Å². The van der Waals surface area contributed by atoms with Crippen LogP contribution in [0.5, 0.6) is 0 Å². The molecule has 2 N–H and O–H groups in total. The van der Waals surface area contributed by atoms with E-state index in [1.807, 2.05) is 54.6 Å². The summed E-state index contributed by atoms with van der Waals surface area (Å²) in [6, 6.07) is 31.1. The molecule has 0 unspecified atom stereocenters. The maximum atomic E-state index is 9.39. The van der Waals surface area contributed by atoms with Gasteiger partial charge in [-0.25, -0.2) is 0 Å². The lowest BCUT2D eigenvalue weighted by atomic mass is 10.4. The minimum absolute atomic E-state index is 0.563. The maximum absolute atomic E-state index is 9.39. The quantitative estimate of drug-likeness (QED) is 0.548. The third-order valence-electron chi connectivity index (χ3n) is 4.14. The highest BCUT2D eigenvalue weighted by Gasteiger charge is 2.44. The Hall–Kier alpha value is -2.57. The Labute approximate surface area is 143 Å². The van der Waals surface area contributed by atoms with Crippen molar-refractivity contribution in [2.24, 2.45) is 0 Å². The number of aliphatic hydroxyl groups excluding tert-OH is 1. The van der Waals surface area contributed by atoms with Crippen LogP contribution in [0.4, 0.5) is 0 Å². The highest BCUT2D eigenvalue weighted by atomic mass is 31.2. The van der Waals surface area contributed by atoms with Crippen molar-refractivity contribution in [1.82, 2.24) is 0 Å². The van der Waals surface area contributed by atoms with Gasteiger partial charge in [0.25, 0.3) is 5.95 Å². The van der Waals surface area contributed by atoms with E-state index >= 15 is 0 Å². The summed E-state index contributed by atoms with van der Waals surface area (Å²) < 4.78 is 0. The maximum Gasteiger partial charge on any atom is 0.273 e. The molecule has 0 spiro atoms. The zero-order chi connectivity index (χ0) is 16.8. The van der Waals surface area contributed by atoms with Gasteiger partial charge in [0.05, 0.1) is 6.16 Å². The standard InChI is InChI=1S/C21H19O2P/c22-21(23)16-17-24(18-10-4-1-5-11-18,19-12-6-2-7-13-19)20-14-8-3-9-15-20/h1-16H,17H2,(H-,22,23)/p+1. The highest BCUT2D eigenvalue weighted by Crippen LogP contribution is 2.55. The lowest BCUT2D eigenvalue weighted by molar-refractivity contribution is 0.190. The molecule has 2 nitrogen and oxygen atoms in total. The van der Waals surface area contributed by atoms with Gasteiger partial charge in [0.1, 0.15) is 23.2 Å². The van der Waals surface area contributed by atoms with Crippen molar-refractivity contribution in [2.45, 2.75) is 0 Å². The predicted molar refractivity (Wildman–Crippen MR) is 103 cm³/mol. The second-order valence-electron chi connectivity index (χ2n) is 5.56. The van der Waals surface area contributed by atoms with E-state index in [1.54, 1.807) is 0 Å². The Morgan fingerprint density at radius 3 is 1.25 bits per heavy atom. The van der Waals surface area contributed by atoms with Crippen molar-refractivity contribution >= 4 is 23.2 Å². The first kappa shape index (κ1) is 16.3. The van der Waals surface area contributed by atoms with Crippen LogP contribution in [0.2, 0.25) is 0 Å². The van der Waals surface area contributed by atoms with Crippen LogP contribution in [-0.4, -0.2) is 16.4 Å². The number of benzene rings is 3. The molecule has 3 rings (SSSR count). The molecule has 0 aromatic heterocycles. The van der Waals surface area contributed by atoms with Gasteiger partial charge in [-0.15, -0.1) is 0 Å². The van der Waals surface area contributed by atoms with Gasteiger partial charge < -0.3 is 10.2 Å². The van der Waals surface area contributed by atoms with Crippen LogP contribution in [0.15, 0.2) is 103 Å². The van der Waals surface area contributed by atoms with E-state index in [2.05, 4.69) is 36.4 Å². The van der Waals surface area contributed by atoms with Gasteiger partial charge in [-0.2, -0.15) is 0 Å². The first-order chi connectivity index (χ1) is 11.7. The van der Waals surface area contributed by atoms with Crippen molar-refractivity contribution in [3.63, 3.8) is 0 Å². The molecule has 0 atom stereocenters. The van der Waals surface area contributed by atoms with Gasteiger partial charge in [-0.1, -0.05) is 54.6 Å². The van der Waals surface area contributed by atoms with Crippen LogP contribution >= 0.6 is 7.26 Å². The average Bonchev–Trinajstić information content (AvgIpc) is 2.65. The lowest BCUT2D eigenvalue weighted by Gasteiger charge is -2.26. The van der Waals surface area contributed by atoms with E-state index in [0.29, 0.717) is 6.16 Å². The fraction of sp³-hybridized carbons (Fsp3) is 0.0476. The summed E-state index contributed by atoms with van der Waals surface area (Å²) in [5.41, 5.74) is 0. The van der Waals surface area contributed by atoms with Gasteiger partial charge in [-0.3, -0.25) is 0 Å². The number of rotatable bonds is 5. The molecule has 0 saturated carbocycles. The molecule has 0 saturated heterocycles. The third-order valence-corrected chi connectivity index (χ3v) is 8.41. The van der Waals surface area contributed by atoms with Crippen LogP contribution in [-0.2, 0) is 0 Å². The first-order valence-electron chi connectivity index (χ1n) is 7.86. The minimum atomic E-state index is -2.00. The van der Waals surface area contributed by atoms with E-state index in [-0.39, 0.29) is 0 Å². The molecule has 0 bridgehead atoms. The normalized spacial score (nSPS) is 11.0. The summed E-state index contributed by atoms with van der Waals surface area (Å²) in [4.78, 5) is 0. The van der Waals surface area contributed by atoms with Gasteiger partial charge in [-0.05, 0) is 36.4 Å². The summed E-state index contributed by atoms with van der Waals surface area (Å²) in [5.74, 6) is -0.623. The van der Waals surface area contributed by atoms with Crippen molar-refractivity contribution in [3.05, 3.63) is 103 Å². The number of aliphatic hydroxyl groups is 2. The van der Waals surface area contributed by atoms with Gasteiger partial charge in [0.2, 0.25) is 0 Å². The third kappa shape index (κ3) is 3.20. The molecule has 0 aliphatic carbocycles. The van der Waals surface area contributed by atoms with Crippen molar-refractivity contribution < 1.29 is 10.2 Å². The predicted octanol–water partition coefficient (Wildman–Crippen LogP) is 3.94. The Morgan fingerprint density at radius 2 is 0.958 bits per heavy atom. The Morgan fingerprint density at radius 1 is 0.625 bits per heavy atom. The van der Waals surface area contributed by atoms with Crippen molar-refractivity contribution in [3.8, 4) is 0 Å².